The largest absolute Gasteiger partial charge is 0.460 e. The first-order valence-corrected chi connectivity index (χ1v) is 6.13. The zero-order valence-corrected chi connectivity index (χ0v) is 11.1. The van der Waals surface area contributed by atoms with Crippen LogP contribution in [-0.4, -0.2) is 76.9 Å². The van der Waals surface area contributed by atoms with Gasteiger partial charge in [-0.1, -0.05) is 6.58 Å². The summed E-state index contributed by atoms with van der Waals surface area (Å²) in [6.07, 6.45) is -6.66. The predicted molar refractivity (Wildman–Crippen MR) is 65.5 cm³/mol. The fourth-order valence-electron chi connectivity index (χ4n) is 1.63. The lowest BCUT2D eigenvalue weighted by molar-refractivity contribution is -0.302. The molecule has 1 aliphatic heterocycles. The molecule has 1 rings (SSSR count). The maximum atomic E-state index is 11.1. The molecule has 5 atom stereocenters. The normalized spacial score (nSPS) is 33.8. The predicted octanol–water partition coefficient (Wildman–Crippen LogP) is -2.08. The van der Waals surface area contributed by atoms with E-state index in [1.165, 1.54) is 6.92 Å². The van der Waals surface area contributed by atoms with Gasteiger partial charge in [0.2, 0.25) is 0 Å². The number of ether oxygens (including phenoxy) is 3. The molecule has 0 unspecified atom stereocenters. The standard InChI is InChI=1S/C12H20O8/c1-6(2)11(17)18-3-4-19-12-10(16)9(15)8(14)7(5-13)20-12/h7-10,12-16H,1,3-5H2,2H3/t7-,8+,9+,10-,12-/m1/s1. The summed E-state index contributed by atoms with van der Waals surface area (Å²) in [7, 11) is 0. The molecule has 8 nitrogen and oxygen atoms in total. The first-order valence-electron chi connectivity index (χ1n) is 6.13. The molecule has 0 amide bonds. The molecule has 0 saturated carbocycles. The highest BCUT2D eigenvalue weighted by Crippen LogP contribution is 2.21. The molecule has 0 aromatic heterocycles. The van der Waals surface area contributed by atoms with E-state index in [9.17, 15) is 20.1 Å². The molecule has 1 saturated heterocycles. The van der Waals surface area contributed by atoms with Crippen molar-refractivity contribution >= 4 is 5.97 Å². The third-order valence-corrected chi connectivity index (χ3v) is 2.80. The van der Waals surface area contributed by atoms with Crippen molar-refractivity contribution < 1.29 is 39.4 Å². The van der Waals surface area contributed by atoms with Crippen LogP contribution in [0.2, 0.25) is 0 Å². The monoisotopic (exact) mass is 292 g/mol. The molecule has 1 fully saturated rings. The minimum Gasteiger partial charge on any atom is -0.460 e. The summed E-state index contributed by atoms with van der Waals surface area (Å²) in [5.41, 5.74) is 0.248. The summed E-state index contributed by atoms with van der Waals surface area (Å²) in [6.45, 7) is 4.21. The van der Waals surface area contributed by atoms with Crippen LogP contribution >= 0.6 is 0 Å². The molecule has 116 valence electrons. The van der Waals surface area contributed by atoms with Gasteiger partial charge in [0.1, 0.15) is 31.0 Å². The highest BCUT2D eigenvalue weighted by molar-refractivity contribution is 5.86. The lowest BCUT2D eigenvalue weighted by Crippen LogP contribution is -2.59. The lowest BCUT2D eigenvalue weighted by atomic mass is 9.99. The summed E-state index contributed by atoms with van der Waals surface area (Å²) in [5.74, 6) is -0.567. The Morgan fingerprint density at radius 3 is 2.40 bits per heavy atom. The summed E-state index contributed by atoms with van der Waals surface area (Å²) < 4.78 is 15.0. The maximum absolute atomic E-state index is 11.1. The minimum atomic E-state index is -1.50. The molecule has 0 radical (unpaired) electrons. The van der Waals surface area contributed by atoms with Crippen molar-refractivity contribution in [2.45, 2.75) is 37.6 Å². The number of aliphatic hydroxyl groups is 4. The Bertz CT molecular complexity index is 342. The van der Waals surface area contributed by atoms with Crippen molar-refractivity contribution in [2.75, 3.05) is 19.8 Å². The highest BCUT2D eigenvalue weighted by Gasteiger charge is 2.43. The number of aliphatic hydroxyl groups excluding tert-OH is 4. The lowest BCUT2D eigenvalue weighted by Gasteiger charge is -2.39. The minimum absolute atomic E-state index is 0.0816. The Hall–Kier alpha value is -1.03. The zero-order valence-electron chi connectivity index (χ0n) is 11.1. The van der Waals surface area contributed by atoms with Crippen molar-refractivity contribution in [1.82, 2.24) is 0 Å². The number of hydrogen-bond acceptors (Lipinski definition) is 8. The Morgan fingerprint density at radius 2 is 1.85 bits per heavy atom. The second-order valence-electron chi connectivity index (χ2n) is 4.48. The SMILES string of the molecule is C=C(C)C(=O)OCCO[C@@H]1O[C@H](CO)[C@H](O)[C@H](O)[C@H]1O. The van der Waals surface area contributed by atoms with Crippen LogP contribution in [0.25, 0.3) is 0 Å². The maximum Gasteiger partial charge on any atom is 0.333 e. The molecule has 20 heavy (non-hydrogen) atoms. The van der Waals surface area contributed by atoms with Gasteiger partial charge in [-0.05, 0) is 6.92 Å². The van der Waals surface area contributed by atoms with E-state index < -0.39 is 43.3 Å². The van der Waals surface area contributed by atoms with E-state index in [2.05, 4.69) is 6.58 Å². The second kappa shape index (κ2) is 7.67. The van der Waals surface area contributed by atoms with Crippen LogP contribution in [0, 0.1) is 0 Å². The molecule has 0 aromatic rings. The van der Waals surface area contributed by atoms with E-state index in [0.29, 0.717) is 0 Å². The molecule has 0 spiro atoms. The van der Waals surface area contributed by atoms with Crippen molar-refractivity contribution in [1.29, 1.82) is 0 Å². The van der Waals surface area contributed by atoms with E-state index in [0.717, 1.165) is 0 Å². The Labute approximate surface area is 116 Å². The Kier molecular flexibility index (Phi) is 6.53. The van der Waals surface area contributed by atoms with E-state index in [1.807, 2.05) is 0 Å². The summed E-state index contributed by atoms with van der Waals surface area (Å²) in [5, 5.41) is 37.7. The quantitative estimate of drug-likeness (QED) is 0.250. The molecule has 4 N–H and O–H groups in total. The third-order valence-electron chi connectivity index (χ3n) is 2.80. The number of hydrogen-bond donors (Lipinski definition) is 4. The van der Waals surface area contributed by atoms with Gasteiger partial charge in [0, 0.05) is 5.57 Å². The van der Waals surface area contributed by atoms with Crippen LogP contribution in [0.15, 0.2) is 12.2 Å². The average molecular weight is 292 g/mol. The van der Waals surface area contributed by atoms with E-state index in [1.54, 1.807) is 0 Å². The van der Waals surface area contributed by atoms with Crippen LogP contribution < -0.4 is 0 Å². The van der Waals surface area contributed by atoms with E-state index >= 15 is 0 Å². The third kappa shape index (κ3) is 4.23. The number of esters is 1. The van der Waals surface area contributed by atoms with Gasteiger partial charge in [0.15, 0.2) is 6.29 Å². The molecule has 8 heteroatoms. The van der Waals surface area contributed by atoms with Crippen molar-refractivity contribution in [2.24, 2.45) is 0 Å². The first kappa shape index (κ1) is 17.0. The van der Waals surface area contributed by atoms with Gasteiger partial charge >= 0.3 is 5.97 Å². The van der Waals surface area contributed by atoms with Gasteiger partial charge in [-0.15, -0.1) is 0 Å². The second-order valence-corrected chi connectivity index (χ2v) is 4.48. The summed E-state index contributed by atoms with van der Waals surface area (Å²) >= 11 is 0. The van der Waals surface area contributed by atoms with Crippen molar-refractivity contribution in [3.05, 3.63) is 12.2 Å². The highest BCUT2D eigenvalue weighted by atomic mass is 16.7. The number of carbonyl (C=O) groups is 1. The van der Waals surface area contributed by atoms with Gasteiger partial charge in [0.05, 0.1) is 13.2 Å². The topological polar surface area (TPSA) is 126 Å². The number of carbonyl (C=O) groups excluding carboxylic acids is 1. The Morgan fingerprint density at radius 1 is 1.20 bits per heavy atom. The fraction of sp³-hybridized carbons (Fsp3) is 0.750. The molecule has 1 heterocycles. The van der Waals surface area contributed by atoms with Crippen LogP contribution in [0.3, 0.4) is 0 Å². The first-order chi connectivity index (χ1) is 9.38. The van der Waals surface area contributed by atoms with Crippen LogP contribution in [0.4, 0.5) is 0 Å². The van der Waals surface area contributed by atoms with E-state index in [-0.39, 0.29) is 18.8 Å². The van der Waals surface area contributed by atoms with Crippen LogP contribution in [0.1, 0.15) is 6.92 Å². The van der Waals surface area contributed by atoms with Crippen molar-refractivity contribution in [3.8, 4) is 0 Å². The van der Waals surface area contributed by atoms with E-state index in [4.69, 9.17) is 19.3 Å². The van der Waals surface area contributed by atoms with Gasteiger partial charge in [-0.2, -0.15) is 0 Å². The summed E-state index contributed by atoms with van der Waals surface area (Å²) in [6, 6.07) is 0. The van der Waals surface area contributed by atoms with Crippen LogP contribution in [-0.2, 0) is 19.0 Å². The molecule has 0 aliphatic carbocycles. The summed E-state index contributed by atoms with van der Waals surface area (Å²) in [4.78, 5) is 11.1. The molecular formula is C12H20O8. The average Bonchev–Trinajstić information content (AvgIpc) is 2.42. The molecule has 1 aliphatic rings. The number of rotatable bonds is 6. The molecular weight excluding hydrogens is 272 g/mol. The van der Waals surface area contributed by atoms with Gasteiger partial charge in [-0.25, -0.2) is 4.79 Å². The molecule has 0 bridgehead atoms. The zero-order chi connectivity index (χ0) is 15.3. The van der Waals surface area contributed by atoms with Gasteiger partial charge in [-0.3, -0.25) is 0 Å². The van der Waals surface area contributed by atoms with Gasteiger partial charge < -0.3 is 34.6 Å². The van der Waals surface area contributed by atoms with Crippen LogP contribution in [0.5, 0.6) is 0 Å². The molecule has 0 aromatic carbocycles. The fourth-order valence-corrected chi connectivity index (χ4v) is 1.63. The smallest absolute Gasteiger partial charge is 0.333 e. The Balaban J connectivity index is 2.39. The van der Waals surface area contributed by atoms with Gasteiger partial charge in [0.25, 0.3) is 0 Å². The van der Waals surface area contributed by atoms with Crippen molar-refractivity contribution in [3.63, 3.8) is 0 Å².